The molecule has 0 bridgehead atoms. The van der Waals surface area contributed by atoms with Crippen LogP contribution >= 0.6 is 11.6 Å². The number of rotatable bonds is 5. The number of benzene rings is 1. The summed E-state index contributed by atoms with van der Waals surface area (Å²) in [5.74, 6) is -0.759. The minimum Gasteiger partial charge on any atom is -0.478 e. The van der Waals surface area contributed by atoms with Crippen molar-refractivity contribution in [3.8, 4) is 0 Å². The number of non-ortho nitro benzene ring substituents is 2. The fourth-order valence-corrected chi connectivity index (χ4v) is 3.27. The number of piperazine rings is 1. The molecule has 2 amide bonds. The fourth-order valence-electron chi connectivity index (χ4n) is 2.98. The first kappa shape index (κ1) is 21.7. The summed E-state index contributed by atoms with van der Waals surface area (Å²) >= 11 is 6.12. The topological polar surface area (TPSA) is 172 Å². The van der Waals surface area contributed by atoms with E-state index in [9.17, 15) is 29.8 Å². The zero-order chi connectivity index (χ0) is 22.7. The van der Waals surface area contributed by atoms with Crippen molar-refractivity contribution in [1.29, 1.82) is 0 Å². The standard InChI is InChI=1S/C17H15ClN6O7/c18-14-5-10(16(25)26)9-19-15(14)21-1-3-22(4-2-21)17(27)20-11-6-12(23(28)29)8-13(7-11)24(30)31/h5-9H,1-4H2,(H,20,27)(H,25,26). The predicted molar refractivity (Wildman–Crippen MR) is 109 cm³/mol. The fraction of sp³-hybridized carbons (Fsp3) is 0.235. The summed E-state index contributed by atoms with van der Waals surface area (Å²) < 4.78 is 0. The maximum absolute atomic E-state index is 12.5. The van der Waals surface area contributed by atoms with Crippen LogP contribution in [-0.2, 0) is 0 Å². The number of carbonyl (C=O) groups is 2. The van der Waals surface area contributed by atoms with Gasteiger partial charge in [-0.05, 0) is 6.07 Å². The Hall–Kier alpha value is -4.00. The van der Waals surface area contributed by atoms with Crippen LogP contribution in [0.15, 0.2) is 30.5 Å². The second-order valence-electron chi connectivity index (χ2n) is 6.49. The monoisotopic (exact) mass is 450 g/mol. The molecule has 14 heteroatoms. The number of aromatic nitrogens is 1. The lowest BCUT2D eigenvalue weighted by Crippen LogP contribution is -2.50. The van der Waals surface area contributed by atoms with Gasteiger partial charge < -0.3 is 20.2 Å². The number of anilines is 2. The van der Waals surface area contributed by atoms with Gasteiger partial charge in [0.15, 0.2) is 0 Å². The highest BCUT2D eigenvalue weighted by Gasteiger charge is 2.25. The van der Waals surface area contributed by atoms with E-state index in [4.69, 9.17) is 16.7 Å². The molecule has 1 saturated heterocycles. The van der Waals surface area contributed by atoms with Crippen LogP contribution in [0.1, 0.15) is 10.4 Å². The minimum atomic E-state index is -1.15. The number of amides is 2. The average molecular weight is 451 g/mol. The number of halogens is 1. The number of hydrogen-bond donors (Lipinski definition) is 2. The molecule has 1 aromatic heterocycles. The van der Waals surface area contributed by atoms with E-state index in [0.29, 0.717) is 18.9 Å². The molecule has 0 aliphatic carbocycles. The number of urea groups is 1. The lowest BCUT2D eigenvalue weighted by molar-refractivity contribution is -0.394. The highest BCUT2D eigenvalue weighted by Crippen LogP contribution is 2.27. The molecule has 2 N–H and O–H groups in total. The Morgan fingerprint density at radius 2 is 1.61 bits per heavy atom. The number of carbonyl (C=O) groups excluding carboxylic acids is 1. The maximum atomic E-state index is 12.5. The summed E-state index contributed by atoms with van der Waals surface area (Å²) in [6.45, 7) is 1.20. The maximum Gasteiger partial charge on any atom is 0.337 e. The van der Waals surface area contributed by atoms with E-state index >= 15 is 0 Å². The van der Waals surface area contributed by atoms with Gasteiger partial charge in [0.25, 0.3) is 11.4 Å². The molecule has 1 aliphatic heterocycles. The summed E-state index contributed by atoms with van der Waals surface area (Å²) in [6, 6.07) is 3.60. The molecule has 3 rings (SSSR count). The molecular formula is C17H15ClN6O7. The van der Waals surface area contributed by atoms with E-state index in [-0.39, 0.29) is 29.4 Å². The van der Waals surface area contributed by atoms with E-state index in [1.165, 1.54) is 17.2 Å². The third-order valence-corrected chi connectivity index (χ3v) is 4.79. The van der Waals surface area contributed by atoms with E-state index in [0.717, 1.165) is 18.2 Å². The highest BCUT2D eigenvalue weighted by atomic mass is 35.5. The summed E-state index contributed by atoms with van der Waals surface area (Å²) in [5.41, 5.74) is -1.14. The Labute approximate surface area is 179 Å². The van der Waals surface area contributed by atoms with Crippen molar-refractivity contribution in [3.05, 3.63) is 61.3 Å². The molecule has 1 aliphatic rings. The highest BCUT2D eigenvalue weighted by molar-refractivity contribution is 6.33. The number of nitrogens with one attached hydrogen (secondary N) is 1. The second kappa shape index (κ2) is 8.79. The molecule has 31 heavy (non-hydrogen) atoms. The predicted octanol–water partition coefficient (Wildman–Crippen LogP) is 2.60. The first-order valence-corrected chi connectivity index (χ1v) is 9.17. The third-order valence-electron chi connectivity index (χ3n) is 4.51. The summed E-state index contributed by atoms with van der Waals surface area (Å²) in [5, 5.41) is 33.5. The Balaban J connectivity index is 1.66. The van der Waals surface area contributed by atoms with Crippen molar-refractivity contribution in [1.82, 2.24) is 9.88 Å². The van der Waals surface area contributed by atoms with E-state index < -0.39 is 33.2 Å². The van der Waals surface area contributed by atoms with Gasteiger partial charge in [-0.15, -0.1) is 0 Å². The molecule has 0 spiro atoms. The summed E-state index contributed by atoms with van der Waals surface area (Å²) in [4.78, 5) is 51.2. The minimum absolute atomic E-state index is 0.0437. The van der Waals surface area contributed by atoms with Gasteiger partial charge in [-0.25, -0.2) is 14.6 Å². The van der Waals surface area contributed by atoms with Crippen LogP contribution in [0.4, 0.5) is 27.7 Å². The van der Waals surface area contributed by atoms with Crippen molar-refractivity contribution in [3.63, 3.8) is 0 Å². The van der Waals surface area contributed by atoms with Crippen LogP contribution in [-0.4, -0.2) is 63.0 Å². The number of nitro benzene ring substituents is 2. The Kier molecular flexibility index (Phi) is 6.15. The lowest BCUT2D eigenvalue weighted by Gasteiger charge is -2.35. The first-order chi connectivity index (χ1) is 14.7. The summed E-state index contributed by atoms with van der Waals surface area (Å²) in [6.07, 6.45) is 1.19. The Morgan fingerprint density at radius 1 is 1.03 bits per heavy atom. The van der Waals surface area contributed by atoms with Gasteiger partial charge in [-0.2, -0.15) is 0 Å². The van der Waals surface area contributed by atoms with Gasteiger partial charge in [0.2, 0.25) is 0 Å². The first-order valence-electron chi connectivity index (χ1n) is 8.79. The number of carboxylic acid groups (broad SMARTS) is 1. The molecule has 2 heterocycles. The molecule has 1 fully saturated rings. The Morgan fingerprint density at radius 3 is 2.10 bits per heavy atom. The van der Waals surface area contributed by atoms with E-state index in [2.05, 4.69) is 10.3 Å². The summed E-state index contributed by atoms with van der Waals surface area (Å²) in [7, 11) is 0. The van der Waals surface area contributed by atoms with Gasteiger partial charge in [0.05, 0.1) is 32.2 Å². The molecule has 162 valence electrons. The van der Waals surface area contributed by atoms with Gasteiger partial charge in [0, 0.05) is 44.5 Å². The second-order valence-corrected chi connectivity index (χ2v) is 6.90. The Bertz CT molecular complexity index is 1040. The van der Waals surface area contributed by atoms with Gasteiger partial charge in [0.1, 0.15) is 5.82 Å². The van der Waals surface area contributed by atoms with Crippen molar-refractivity contribution in [2.75, 3.05) is 36.4 Å². The van der Waals surface area contributed by atoms with Crippen LogP contribution in [0.5, 0.6) is 0 Å². The number of nitrogens with zero attached hydrogens (tertiary/aromatic N) is 5. The molecule has 13 nitrogen and oxygen atoms in total. The normalized spacial score (nSPS) is 13.6. The van der Waals surface area contributed by atoms with Crippen LogP contribution in [0, 0.1) is 20.2 Å². The number of pyridine rings is 1. The number of aromatic carboxylic acids is 1. The van der Waals surface area contributed by atoms with Gasteiger partial charge in [-0.1, -0.05) is 11.6 Å². The molecule has 0 radical (unpaired) electrons. The molecule has 0 atom stereocenters. The molecule has 1 aromatic carbocycles. The largest absolute Gasteiger partial charge is 0.478 e. The van der Waals surface area contributed by atoms with Crippen LogP contribution in [0.2, 0.25) is 5.02 Å². The van der Waals surface area contributed by atoms with Gasteiger partial charge in [-0.3, -0.25) is 20.2 Å². The zero-order valence-electron chi connectivity index (χ0n) is 15.7. The lowest BCUT2D eigenvalue weighted by atomic mass is 10.2. The molecule has 0 saturated carbocycles. The van der Waals surface area contributed by atoms with Crippen LogP contribution in [0.3, 0.4) is 0 Å². The van der Waals surface area contributed by atoms with Crippen molar-refractivity contribution >= 4 is 46.5 Å². The van der Waals surface area contributed by atoms with Gasteiger partial charge >= 0.3 is 12.0 Å². The molecule has 0 unspecified atom stereocenters. The molecule has 2 aromatic rings. The number of nitro groups is 2. The zero-order valence-corrected chi connectivity index (χ0v) is 16.5. The third kappa shape index (κ3) is 4.95. The van der Waals surface area contributed by atoms with Crippen LogP contribution < -0.4 is 10.2 Å². The van der Waals surface area contributed by atoms with Crippen molar-refractivity contribution < 1.29 is 24.5 Å². The van der Waals surface area contributed by atoms with E-state index in [1.807, 2.05) is 0 Å². The number of hydrogen-bond acceptors (Lipinski definition) is 8. The average Bonchev–Trinajstić information content (AvgIpc) is 2.73. The van der Waals surface area contributed by atoms with Crippen LogP contribution in [0.25, 0.3) is 0 Å². The van der Waals surface area contributed by atoms with Crippen molar-refractivity contribution in [2.24, 2.45) is 0 Å². The van der Waals surface area contributed by atoms with Crippen molar-refractivity contribution in [2.45, 2.75) is 0 Å². The molecular weight excluding hydrogens is 436 g/mol. The van der Waals surface area contributed by atoms with E-state index in [1.54, 1.807) is 4.90 Å². The SMILES string of the molecule is O=C(O)c1cnc(N2CCN(C(=O)Nc3cc([N+](=O)[O-])cc([N+](=O)[O-])c3)CC2)c(Cl)c1. The quantitative estimate of drug-likeness (QED) is 0.512. The smallest absolute Gasteiger partial charge is 0.337 e. The number of carboxylic acids is 1.